The zero-order valence-electron chi connectivity index (χ0n) is 7.44. The van der Waals surface area contributed by atoms with Crippen LogP contribution < -0.4 is 5.30 Å². The molecular formula is C7H10O6P2. The molecule has 0 bridgehead atoms. The molecule has 1 rings (SSSR count). The predicted molar refractivity (Wildman–Crippen MR) is 54.8 cm³/mol. The summed E-state index contributed by atoms with van der Waals surface area (Å²) in [6, 6.07) is 5.39. The molecule has 0 saturated heterocycles. The number of aliphatic hydroxyl groups excluding tert-OH is 1. The quantitative estimate of drug-likeness (QED) is 0.564. The Morgan fingerprint density at radius 1 is 1.27 bits per heavy atom. The van der Waals surface area contributed by atoms with Crippen LogP contribution >= 0.6 is 15.4 Å². The van der Waals surface area contributed by atoms with Crippen LogP contribution in [0.25, 0.3) is 0 Å². The maximum Gasteiger partial charge on any atom is 0.361 e. The normalized spacial score (nSPS) is 15.9. The van der Waals surface area contributed by atoms with E-state index in [-0.39, 0.29) is 11.1 Å². The third kappa shape index (κ3) is 2.91. The average molecular weight is 252 g/mol. The molecule has 8 heteroatoms. The van der Waals surface area contributed by atoms with Crippen LogP contribution in [-0.4, -0.2) is 25.6 Å². The molecule has 84 valence electrons. The molecule has 0 aliphatic rings. The lowest BCUT2D eigenvalue weighted by Crippen LogP contribution is -2.09. The lowest BCUT2D eigenvalue weighted by molar-refractivity contribution is 0.259. The highest BCUT2D eigenvalue weighted by atomic mass is 31.2. The molecule has 15 heavy (non-hydrogen) atoms. The number of aromatic hydroxyl groups is 1. The minimum atomic E-state index is -4.82. The van der Waals surface area contributed by atoms with Crippen molar-refractivity contribution in [2.75, 3.05) is 0 Å². The van der Waals surface area contributed by atoms with Gasteiger partial charge in [0.2, 0.25) is 5.59 Å². The lowest BCUT2D eigenvalue weighted by Gasteiger charge is -2.12. The second-order valence-corrected chi connectivity index (χ2v) is 6.81. The molecule has 1 aromatic carbocycles. The van der Waals surface area contributed by atoms with Gasteiger partial charge in [0, 0.05) is 0 Å². The fraction of sp³-hybridized carbons (Fsp3) is 0.143. The number of hydrogen-bond acceptors (Lipinski definition) is 4. The van der Waals surface area contributed by atoms with Crippen LogP contribution in [0, 0.1) is 0 Å². The first-order chi connectivity index (χ1) is 6.84. The summed E-state index contributed by atoms with van der Waals surface area (Å²) in [7, 11) is -7.96. The molecule has 0 aliphatic carbocycles. The highest BCUT2D eigenvalue weighted by molar-refractivity contribution is 7.70. The molecule has 0 spiro atoms. The van der Waals surface area contributed by atoms with Crippen molar-refractivity contribution in [1.82, 2.24) is 0 Å². The van der Waals surface area contributed by atoms with E-state index >= 15 is 0 Å². The van der Waals surface area contributed by atoms with Gasteiger partial charge in [0.15, 0.2) is 0 Å². The Morgan fingerprint density at radius 3 is 2.27 bits per heavy atom. The highest BCUT2D eigenvalue weighted by Gasteiger charge is 2.33. The largest absolute Gasteiger partial charge is 0.507 e. The van der Waals surface area contributed by atoms with Crippen molar-refractivity contribution in [2.24, 2.45) is 0 Å². The first-order valence-electron chi connectivity index (χ1n) is 3.89. The maximum absolute atomic E-state index is 11.5. The van der Waals surface area contributed by atoms with Gasteiger partial charge in [-0.1, -0.05) is 12.1 Å². The SMILES string of the molecule is O=[PH](c1ccccc1O)C(O)P(=O)(O)O. The number of aliphatic hydroxyl groups is 1. The Kier molecular flexibility index (Phi) is 3.71. The van der Waals surface area contributed by atoms with E-state index in [0.29, 0.717) is 0 Å². The zero-order valence-corrected chi connectivity index (χ0v) is 9.33. The first-order valence-corrected chi connectivity index (χ1v) is 7.06. The van der Waals surface area contributed by atoms with Gasteiger partial charge >= 0.3 is 7.60 Å². The van der Waals surface area contributed by atoms with Crippen molar-refractivity contribution >= 4 is 20.7 Å². The van der Waals surface area contributed by atoms with E-state index in [1.807, 2.05) is 0 Å². The number of rotatable bonds is 3. The number of phenolic OH excluding ortho intramolecular Hbond substituents is 1. The second-order valence-electron chi connectivity index (χ2n) is 2.84. The van der Waals surface area contributed by atoms with Crippen LogP contribution in [0.15, 0.2) is 24.3 Å². The fourth-order valence-electron chi connectivity index (χ4n) is 0.974. The Labute approximate surface area is 86.1 Å². The van der Waals surface area contributed by atoms with Gasteiger partial charge in [0.25, 0.3) is 0 Å². The summed E-state index contributed by atoms with van der Waals surface area (Å²) in [4.78, 5) is 17.2. The molecule has 4 N–H and O–H groups in total. The van der Waals surface area contributed by atoms with E-state index in [0.717, 1.165) is 0 Å². The first kappa shape index (κ1) is 12.4. The summed E-state index contributed by atoms with van der Waals surface area (Å²) < 4.78 is 22.1. The van der Waals surface area contributed by atoms with Gasteiger partial charge in [0.05, 0.1) is 5.30 Å². The van der Waals surface area contributed by atoms with Gasteiger partial charge in [-0.25, -0.2) is 0 Å². The van der Waals surface area contributed by atoms with Gasteiger partial charge < -0.3 is 24.6 Å². The van der Waals surface area contributed by atoms with E-state index in [4.69, 9.17) is 14.9 Å². The maximum atomic E-state index is 11.5. The summed E-state index contributed by atoms with van der Waals surface area (Å²) in [5.74, 6) is -0.353. The number of hydrogen-bond donors (Lipinski definition) is 4. The number of para-hydroxylation sites is 1. The van der Waals surface area contributed by atoms with Crippen LogP contribution in [0.1, 0.15) is 0 Å². The Hall–Kier alpha value is -0.640. The molecule has 0 aromatic heterocycles. The molecule has 0 heterocycles. The summed E-state index contributed by atoms with van der Waals surface area (Å²) in [5, 5.41) is 18.2. The van der Waals surface area contributed by atoms with Gasteiger partial charge in [-0.05, 0) is 12.1 Å². The van der Waals surface area contributed by atoms with Crippen molar-refractivity contribution in [2.45, 2.75) is 5.59 Å². The molecule has 0 fully saturated rings. The topological polar surface area (TPSA) is 115 Å². The molecule has 0 saturated carbocycles. The monoisotopic (exact) mass is 252 g/mol. The summed E-state index contributed by atoms with van der Waals surface area (Å²) >= 11 is 0. The molecule has 6 nitrogen and oxygen atoms in total. The zero-order chi connectivity index (χ0) is 11.6. The molecule has 1 aromatic rings. The number of benzene rings is 1. The summed E-state index contributed by atoms with van der Waals surface area (Å²) in [6.45, 7) is 0. The fourth-order valence-corrected chi connectivity index (χ4v) is 3.49. The Morgan fingerprint density at radius 2 is 1.80 bits per heavy atom. The van der Waals surface area contributed by atoms with Crippen LogP contribution in [0.2, 0.25) is 0 Å². The van der Waals surface area contributed by atoms with E-state index in [2.05, 4.69) is 0 Å². The van der Waals surface area contributed by atoms with Crippen LogP contribution in [0.3, 0.4) is 0 Å². The predicted octanol–water partition coefficient (Wildman–Crippen LogP) is 0.0308. The van der Waals surface area contributed by atoms with Crippen molar-refractivity contribution in [3.63, 3.8) is 0 Å². The third-order valence-corrected chi connectivity index (χ3v) is 5.50. The number of phenols is 1. The molecular weight excluding hydrogens is 242 g/mol. The summed E-state index contributed by atoms with van der Waals surface area (Å²) in [6.07, 6.45) is 0. The molecule has 0 radical (unpaired) electrons. The van der Waals surface area contributed by atoms with E-state index in [1.54, 1.807) is 0 Å². The van der Waals surface area contributed by atoms with Gasteiger partial charge in [-0.2, -0.15) is 0 Å². The van der Waals surface area contributed by atoms with Crippen LogP contribution in [-0.2, 0) is 9.13 Å². The van der Waals surface area contributed by atoms with E-state index < -0.39 is 21.0 Å². The smallest absolute Gasteiger partial charge is 0.361 e. The van der Waals surface area contributed by atoms with Crippen molar-refractivity contribution in [1.29, 1.82) is 0 Å². The standard InChI is InChI=1S/C7H10O6P2/c8-5-3-1-2-4-6(5)14(10)7(9)15(11,12)13/h1-4,7-9,14H,(H2,11,12,13). The molecule has 2 atom stereocenters. The van der Waals surface area contributed by atoms with Crippen LogP contribution in [0.4, 0.5) is 0 Å². The molecule has 2 unspecified atom stereocenters. The van der Waals surface area contributed by atoms with Crippen molar-refractivity contribution < 1.29 is 29.1 Å². The van der Waals surface area contributed by atoms with Crippen molar-refractivity contribution in [3.8, 4) is 5.75 Å². The summed E-state index contributed by atoms with van der Waals surface area (Å²) in [5.41, 5.74) is -2.25. The lowest BCUT2D eigenvalue weighted by atomic mass is 10.3. The average Bonchev–Trinajstić information content (AvgIpc) is 2.15. The van der Waals surface area contributed by atoms with Gasteiger partial charge in [0.1, 0.15) is 13.6 Å². The van der Waals surface area contributed by atoms with E-state index in [1.165, 1.54) is 24.3 Å². The van der Waals surface area contributed by atoms with Gasteiger partial charge in [-0.3, -0.25) is 4.57 Å². The van der Waals surface area contributed by atoms with Crippen LogP contribution in [0.5, 0.6) is 5.75 Å². The van der Waals surface area contributed by atoms with E-state index in [9.17, 15) is 14.2 Å². The Balaban J connectivity index is 3.06. The second kappa shape index (κ2) is 4.47. The minimum Gasteiger partial charge on any atom is -0.507 e. The molecule has 0 amide bonds. The third-order valence-electron chi connectivity index (χ3n) is 1.72. The van der Waals surface area contributed by atoms with Crippen molar-refractivity contribution in [3.05, 3.63) is 24.3 Å². The Bertz CT molecular complexity index is 425. The van der Waals surface area contributed by atoms with Gasteiger partial charge in [-0.15, -0.1) is 0 Å². The molecule has 0 aliphatic heterocycles. The minimum absolute atomic E-state index is 0.140. The highest BCUT2D eigenvalue weighted by Crippen LogP contribution is 2.51.